The van der Waals surface area contributed by atoms with Crippen molar-refractivity contribution in [3.63, 3.8) is 0 Å². The number of benzene rings is 1. The Morgan fingerprint density at radius 2 is 1.93 bits per heavy atom. The molecule has 1 fully saturated rings. The molecule has 3 rings (SSSR count). The average Bonchev–Trinajstić information content (AvgIpc) is 3.12. The second-order valence-corrected chi connectivity index (χ2v) is 6.81. The van der Waals surface area contributed by atoms with Crippen LogP contribution in [0.5, 0.6) is 0 Å². The minimum atomic E-state index is -0.504. The van der Waals surface area contributed by atoms with E-state index in [0.29, 0.717) is 19.6 Å². The Morgan fingerprint density at radius 1 is 1.26 bits per heavy atom. The third-order valence-electron chi connectivity index (χ3n) is 4.72. The smallest absolute Gasteiger partial charge is 0.306 e. The molecule has 8 nitrogen and oxygen atoms in total. The van der Waals surface area contributed by atoms with E-state index >= 15 is 0 Å². The molecule has 144 valence electrons. The number of carbonyl (C=O) groups is 1. The number of rotatable bonds is 6. The second-order valence-electron chi connectivity index (χ2n) is 6.81. The first kappa shape index (κ1) is 19.0. The molecule has 0 aliphatic carbocycles. The number of halogens is 1. The maximum absolute atomic E-state index is 13.0. The lowest BCUT2D eigenvalue weighted by molar-refractivity contribution is -0.385. The molecule has 0 bridgehead atoms. The van der Waals surface area contributed by atoms with Gasteiger partial charge >= 0.3 is 5.69 Å². The molecule has 0 spiro atoms. The summed E-state index contributed by atoms with van der Waals surface area (Å²) in [6.07, 6.45) is 2.52. The van der Waals surface area contributed by atoms with E-state index in [1.54, 1.807) is 19.1 Å². The highest BCUT2D eigenvalue weighted by Crippen LogP contribution is 2.14. The minimum absolute atomic E-state index is 0.0228. The Labute approximate surface area is 156 Å². The summed E-state index contributed by atoms with van der Waals surface area (Å²) in [6.45, 7) is 5.61. The maximum atomic E-state index is 13.0. The van der Waals surface area contributed by atoms with Crippen molar-refractivity contribution in [1.29, 1.82) is 0 Å². The van der Waals surface area contributed by atoms with Gasteiger partial charge in [0.15, 0.2) is 0 Å². The molecule has 2 aromatic rings. The molecule has 2 heterocycles. The normalized spacial score (nSPS) is 16.3. The van der Waals surface area contributed by atoms with Gasteiger partial charge in [0, 0.05) is 32.7 Å². The quantitative estimate of drug-likeness (QED) is 0.569. The van der Waals surface area contributed by atoms with Crippen molar-refractivity contribution < 1.29 is 14.1 Å². The number of carbonyl (C=O) groups excluding carboxylic acids is 1. The highest BCUT2D eigenvalue weighted by molar-refractivity contribution is 5.78. The predicted octanol–water partition coefficient (Wildman–Crippen LogP) is 1.91. The average molecular weight is 375 g/mol. The summed E-state index contributed by atoms with van der Waals surface area (Å²) in [6, 6.07) is 6.46. The van der Waals surface area contributed by atoms with Crippen LogP contribution in [0.1, 0.15) is 12.5 Å². The molecular weight excluding hydrogens is 353 g/mol. The molecule has 1 aromatic carbocycles. The second kappa shape index (κ2) is 8.26. The van der Waals surface area contributed by atoms with Gasteiger partial charge in [0.25, 0.3) is 0 Å². The third-order valence-corrected chi connectivity index (χ3v) is 4.72. The Balaban J connectivity index is 1.48. The molecule has 1 amide bonds. The fraction of sp³-hybridized carbons (Fsp3) is 0.444. The molecule has 1 aliphatic rings. The van der Waals surface area contributed by atoms with Crippen LogP contribution in [-0.2, 0) is 17.9 Å². The van der Waals surface area contributed by atoms with E-state index in [2.05, 4.69) is 10.00 Å². The van der Waals surface area contributed by atoms with Crippen LogP contribution in [0.2, 0.25) is 0 Å². The molecule has 1 atom stereocenters. The van der Waals surface area contributed by atoms with E-state index in [9.17, 15) is 19.3 Å². The third kappa shape index (κ3) is 4.88. The molecule has 0 N–H and O–H groups in total. The summed E-state index contributed by atoms with van der Waals surface area (Å²) >= 11 is 0. The van der Waals surface area contributed by atoms with Gasteiger partial charge in [-0.1, -0.05) is 19.1 Å². The zero-order valence-electron chi connectivity index (χ0n) is 15.1. The Morgan fingerprint density at radius 3 is 2.52 bits per heavy atom. The minimum Gasteiger partial charge on any atom is -0.340 e. The van der Waals surface area contributed by atoms with E-state index in [4.69, 9.17) is 0 Å². The first-order chi connectivity index (χ1) is 12.9. The number of hydrogen-bond donors (Lipinski definition) is 0. The number of piperazine rings is 1. The summed E-state index contributed by atoms with van der Waals surface area (Å²) in [7, 11) is 0. The SMILES string of the molecule is CC(Cn1cc([N+](=O)[O-])cn1)C(=O)N1CCN(Cc2ccc(F)cc2)CC1. The van der Waals surface area contributed by atoms with Crippen LogP contribution in [0.3, 0.4) is 0 Å². The maximum Gasteiger partial charge on any atom is 0.306 e. The summed E-state index contributed by atoms with van der Waals surface area (Å²) < 4.78 is 14.4. The summed E-state index contributed by atoms with van der Waals surface area (Å²) in [5, 5.41) is 14.7. The molecule has 27 heavy (non-hydrogen) atoms. The molecule has 9 heteroatoms. The van der Waals surface area contributed by atoms with Gasteiger partial charge in [-0.05, 0) is 17.7 Å². The molecule has 1 saturated heterocycles. The summed E-state index contributed by atoms with van der Waals surface area (Å²) in [4.78, 5) is 26.9. The monoisotopic (exact) mass is 375 g/mol. The molecule has 0 saturated carbocycles. The predicted molar refractivity (Wildman–Crippen MR) is 96.3 cm³/mol. The van der Waals surface area contributed by atoms with Gasteiger partial charge in [-0.3, -0.25) is 24.5 Å². The van der Waals surface area contributed by atoms with E-state index in [1.807, 2.05) is 4.90 Å². The highest BCUT2D eigenvalue weighted by atomic mass is 19.1. The van der Waals surface area contributed by atoms with Gasteiger partial charge in [-0.25, -0.2) is 4.39 Å². The molecule has 1 aromatic heterocycles. The van der Waals surface area contributed by atoms with Crippen LogP contribution in [-0.4, -0.2) is 56.6 Å². The van der Waals surface area contributed by atoms with Crippen LogP contribution in [0.15, 0.2) is 36.7 Å². The van der Waals surface area contributed by atoms with Crippen molar-refractivity contribution >= 4 is 11.6 Å². The van der Waals surface area contributed by atoms with Crippen molar-refractivity contribution in [2.75, 3.05) is 26.2 Å². The summed E-state index contributed by atoms with van der Waals surface area (Å²) in [5.74, 6) is -0.534. The zero-order valence-corrected chi connectivity index (χ0v) is 15.1. The van der Waals surface area contributed by atoms with E-state index in [0.717, 1.165) is 25.2 Å². The lowest BCUT2D eigenvalue weighted by Gasteiger charge is -2.36. The number of aromatic nitrogens is 2. The molecular formula is C18H22FN5O3. The van der Waals surface area contributed by atoms with Crippen molar-refractivity contribution in [2.24, 2.45) is 5.92 Å². The van der Waals surface area contributed by atoms with Crippen molar-refractivity contribution in [3.05, 3.63) is 58.2 Å². The van der Waals surface area contributed by atoms with Crippen molar-refractivity contribution in [2.45, 2.75) is 20.0 Å². The highest BCUT2D eigenvalue weighted by Gasteiger charge is 2.25. The van der Waals surface area contributed by atoms with Crippen LogP contribution < -0.4 is 0 Å². The zero-order chi connectivity index (χ0) is 19.4. The molecule has 1 aliphatic heterocycles. The van der Waals surface area contributed by atoms with Gasteiger partial charge in [0.05, 0.1) is 17.4 Å². The Hall–Kier alpha value is -2.81. The Kier molecular flexibility index (Phi) is 5.80. The number of nitrogens with zero attached hydrogens (tertiary/aromatic N) is 5. The Bertz CT molecular complexity index is 800. The first-order valence-corrected chi connectivity index (χ1v) is 8.85. The van der Waals surface area contributed by atoms with Crippen molar-refractivity contribution in [1.82, 2.24) is 19.6 Å². The summed E-state index contributed by atoms with van der Waals surface area (Å²) in [5.41, 5.74) is 0.967. The van der Waals surface area contributed by atoms with E-state index < -0.39 is 4.92 Å². The largest absolute Gasteiger partial charge is 0.340 e. The standard InChI is InChI=1S/C18H22FN5O3/c1-14(11-23-13-17(10-20-23)24(26)27)18(25)22-8-6-21(7-9-22)12-15-2-4-16(19)5-3-15/h2-5,10,13-14H,6-9,11-12H2,1H3. The van der Waals surface area contributed by atoms with E-state index in [1.165, 1.54) is 29.2 Å². The van der Waals surface area contributed by atoms with Crippen molar-refractivity contribution in [3.8, 4) is 0 Å². The lowest BCUT2D eigenvalue weighted by Crippen LogP contribution is -2.50. The topological polar surface area (TPSA) is 84.5 Å². The van der Waals surface area contributed by atoms with Gasteiger partial charge in [-0.2, -0.15) is 5.10 Å². The molecule has 0 radical (unpaired) electrons. The number of amides is 1. The van der Waals surface area contributed by atoms with E-state index in [-0.39, 0.29) is 23.3 Å². The fourth-order valence-corrected chi connectivity index (χ4v) is 3.19. The van der Waals surface area contributed by atoms with Crippen LogP contribution in [0, 0.1) is 21.8 Å². The van der Waals surface area contributed by atoms with Crippen LogP contribution in [0.25, 0.3) is 0 Å². The number of hydrogen-bond acceptors (Lipinski definition) is 5. The van der Waals surface area contributed by atoms with Gasteiger partial charge < -0.3 is 4.90 Å². The fourth-order valence-electron chi connectivity index (χ4n) is 3.19. The van der Waals surface area contributed by atoms with Gasteiger partial charge in [-0.15, -0.1) is 0 Å². The van der Waals surface area contributed by atoms with Gasteiger partial charge in [0.2, 0.25) is 5.91 Å². The first-order valence-electron chi connectivity index (χ1n) is 8.85. The number of nitro groups is 1. The lowest BCUT2D eigenvalue weighted by atomic mass is 10.1. The van der Waals surface area contributed by atoms with Crippen LogP contribution in [0.4, 0.5) is 10.1 Å². The van der Waals surface area contributed by atoms with Gasteiger partial charge in [0.1, 0.15) is 18.2 Å². The van der Waals surface area contributed by atoms with Crippen LogP contribution >= 0.6 is 0 Å². The molecule has 1 unspecified atom stereocenters.